The molecule has 0 fully saturated rings. The average Bonchev–Trinajstić information content (AvgIpc) is 2.91. The number of fused-ring (bicyclic) bond motifs is 3. The fourth-order valence-electron chi connectivity index (χ4n) is 3.14. The molecule has 1 atom stereocenters. The van der Waals surface area contributed by atoms with Crippen LogP contribution in [-0.2, 0) is 9.31 Å². The van der Waals surface area contributed by atoms with Gasteiger partial charge in [-0.1, -0.05) is 24.3 Å². The maximum atomic E-state index is 6.21. The molecule has 0 aromatic heterocycles. The highest BCUT2D eigenvalue weighted by Crippen LogP contribution is 2.45. The Bertz CT molecular complexity index is 671. The molecular weight excluding hydrogens is 299 g/mol. The van der Waals surface area contributed by atoms with E-state index in [2.05, 4.69) is 23.0 Å². The smallest absolute Gasteiger partial charge is 0.506 e. The summed E-state index contributed by atoms with van der Waals surface area (Å²) in [7, 11) is 4.10. The molecule has 114 valence electrons. The number of anilines is 1. The Morgan fingerprint density at radius 3 is 2.68 bits per heavy atom. The topological polar surface area (TPSA) is 30.9 Å². The molecule has 0 N–H and O–H groups in total. The van der Waals surface area contributed by atoms with Crippen molar-refractivity contribution in [3.8, 4) is 5.75 Å². The molecule has 0 saturated heterocycles. The van der Waals surface area contributed by atoms with Gasteiger partial charge in [0.25, 0.3) is 0 Å². The lowest BCUT2D eigenvalue weighted by Crippen LogP contribution is -2.28. The Kier molecular flexibility index (Phi) is 4.81. The molecule has 0 bridgehead atoms. The molecule has 0 amide bonds. The van der Waals surface area contributed by atoms with Gasteiger partial charge in [0.2, 0.25) is 0 Å². The van der Waals surface area contributed by atoms with Crippen molar-refractivity contribution in [2.75, 3.05) is 31.5 Å². The lowest BCUT2D eigenvalue weighted by molar-refractivity contribution is 0.367. The molecule has 2 aromatic carbocycles. The van der Waals surface area contributed by atoms with Gasteiger partial charge in [0.15, 0.2) is 0 Å². The van der Waals surface area contributed by atoms with E-state index in [-0.39, 0.29) is 7.69 Å². The zero-order valence-corrected chi connectivity index (χ0v) is 13.6. The monoisotopic (exact) mass is 317 g/mol. The molecule has 1 unspecified atom stereocenters. The minimum absolute atomic E-state index is 0.228. The molecule has 1 heterocycles. The second-order valence-electron chi connectivity index (χ2n) is 5.40. The van der Waals surface area contributed by atoms with Crippen LogP contribution in [0.15, 0.2) is 30.3 Å². The molecule has 0 spiro atoms. The normalized spacial score (nSPS) is 16.7. The summed E-state index contributed by atoms with van der Waals surface area (Å²) in [6.45, 7) is 0.865. The third kappa shape index (κ3) is 2.67. The van der Waals surface area contributed by atoms with Crippen LogP contribution in [0.2, 0.25) is 0 Å². The van der Waals surface area contributed by atoms with Crippen LogP contribution in [0.4, 0.5) is 5.69 Å². The van der Waals surface area contributed by atoms with Crippen LogP contribution in [0.3, 0.4) is 0 Å². The first-order valence-electron chi connectivity index (χ1n) is 7.27. The molecule has 4 nitrogen and oxygen atoms in total. The summed E-state index contributed by atoms with van der Waals surface area (Å²) >= 11 is 6.21. The van der Waals surface area contributed by atoms with E-state index < -0.39 is 0 Å². The predicted octanol–water partition coefficient (Wildman–Crippen LogP) is 2.19. The number of benzene rings is 2. The van der Waals surface area contributed by atoms with E-state index in [4.69, 9.17) is 25.6 Å². The van der Waals surface area contributed by atoms with Crippen LogP contribution >= 0.6 is 11.6 Å². The predicted molar refractivity (Wildman–Crippen MR) is 93.7 cm³/mol. The van der Waals surface area contributed by atoms with Gasteiger partial charge in [0.1, 0.15) is 5.75 Å². The van der Waals surface area contributed by atoms with Gasteiger partial charge in [0, 0.05) is 49.7 Å². The number of rotatable bonds is 6. The van der Waals surface area contributed by atoms with Gasteiger partial charge < -0.3 is 18.8 Å². The maximum Gasteiger partial charge on any atom is 0.506 e. The van der Waals surface area contributed by atoms with Crippen molar-refractivity contribution < 1.29 is 14.0 Å². The fraction of sp³-hybridized carbons (Fsp3) is 0.333. The van der Waals surface area contributed by atoms with Gasteiger partial charge in [-0.05, 0) is 10.9 Å². The van der Waals surface area contributed by atoms with Crippen molar-refractivity contribution in [2.45, 2.75) is 5.92 Å². The van der Waals surface area contributed by atoms with Crippen LogP contribution in [0.5, 0.6) is 5.75 Å². The number of nitrogens with zero attached hydrogens (tertiary/aromatic N) is 1. The summed E-state index contributed by atoms with van der Waals surface area (Å²) < 4.78 is 16.1. The van der Waals surface area contributed by atoms with Crippen LogP contribution in [0.25, 0.3) is 10.8 Å². The van der Waals surface area contributed by atoms with Gasteiger partial charge in [-0.25, -0.2) is 0 Å². The van der Waals surface area contributed by atoms with Crippen LogP contribution < -0.4 is 9.47 Å². The van der Waals surface area contributed by atoms with Crippen molar-refractivity contribution >= 4 is 43.4 Å². The molecule has 1 aliphatic heterocycles. The number of alkyl halides is 1. The summed E-state index contributed by atoms with van der Waals surface area (Å²) in [5, 5.41) is 2.28. The molecule has 0 radical (unpaired) electrons. The number of hydrogen-bond acceptors (Lipinski definition) is 4. The van der Waals surface area contributed by atoms with Gasteiger partial charge >= 0.3 is 15.3 Å². The van der Waals surface area contributed by atoms with E-state index in [9.17, 15) is 0 Å². The Morgan fingerprint density at radius 2 is 2.00 bits per heavy atom. The lowest BCUT2D eigenvalue weighted by atomic mass is 9.95. The highest BCUT2D eigenvalue weighted by Gasteiger charge is 2.31. The first-order chi connectivity index (χ1) is 10.8. The summed E-state index contributed by atoms with van der Waals surface area (Å²) in [4.78, 5) is 2.20. The molecule has 1 aliphatic rings. The second-order valence-corrected chi connectivity index (χ2v) is 5.70. The quantitative estimate of drug-likeness (QED) is 0.604. The fourth-order valence-corrected chi connectivity index (χ4v) is 3.39. The van der Waals surface area contributed by atoms with Gasteiger partial charge in [-0.15, -0.1) is 11.6 Å². The van der Waals surface area contributed by atoms with E-state index in [1.165, 1.54) is 10.9 Å². The molecule has 7 heteroatoms. The second kappa shape index (κ2) is 6.82. The minimum Gasteiger partial charge on any atom is -0.538 e. The SMILES string of the molecule is COBOc1cc2c(c3ccccc13)C(CCl)CN2BOC. The highest BCUT2D eigenvalue weighted by atomic mass is 35.5. The first kappa shape index (κ1) is 15.5. The molecule has 0 aliphatic carbocycles. The third-order valence-electron chi connectivity index (χ3n) is 4.02. The summed E-state index contributed by atoms with van der Waals surface area (Å²) in [6, 6.07) is 10.3. The zero-order valence-electron chi connectivity index (χ0n) is 12.8. The maximum absolute atomic E-state index is 6.21. The van der Waals surface area contributed by atoms with E-state index in [0.717, 1.165) is 23.4 Å². The van der Waals surface area contributed by atoms with E-state index in [0.29, 0.717) is 19.4 Å². The molecule has 22 heavy (non-hydrogen) atoms. The van der Waals surface area contributed by atoms with Crippen molar-refractivity contribution in [1.29, 1.82) is 0 Å². The summed E-state index contributed by atoms with van der Waals surface area (Å²) in [6.07, 6.45) is 0. The molecule has 2 aromatic rings. The van der Waals surface area contributed by atoms with Crippen LogP contribution in [0.1, 0.15) is 11.5 Å². The Morgan fingerprint density at radius 1 is 1.23 bits per heavy atom. The first-order valence-corrected chi connectivity index (χ1v) is 7.80. The van der Waals surface area contributed by atoms with E-state index in [1.54, 1.807) is 14.2 Å². The molecular formula is C15H18B2ClNO3. The standard InChI is InChI=1S/C15H18B2ClNO3/c1-20-16-19-9-10(8-18)15-12-6-4-3-5-11(12)14(7-13(15)19)22-17-21-2/h3-7,10,16-17H,8-9H2,1-2H3. The van der Waals surface area contributed by atoms with Crippen molar-refractivity contribution in [3.63, 3.8) is 0 Å². The Labute approximate surface area is 136 Å². The Hall–Kier alpha value is -1.36. The highest BCUT2D eigenvalue weighted by molar-refractivity contribution is 6.35. The summed E-state index contributed by atoms with van der Waals surface area (Å²) in [5.41, 5.74) is 2.42. The zero-order chi connectivity index (χ0) is 15.5. The minimum atomic E-state index is 0.228. The van der Waals surface area contributed by atoms with Gasteiger partial charge in [-0.3, -0.25) is 0 Å². The van der Waals surface area contributed by atoms with Crippen molar-refractivity contribution in [2.24, 2.45) is 0 Å². The molecule has 0 saturated carbocycles. The number of halogens is 1. The van der Waals surface area contributed by atoms with Crippen LogP contribution in [-0.4, -0.2) is 41.9 Å². The average molecular weight is 317 g/mol. The third-order valence-corrected chi connectivity index (χ3v) is 4.39. The molecule has 3 rings (SSSR count). The summed E-state index contributed by atoms with van der Waals surface area (Å²) in [5.74, 6) is 1.72. The van der Waals surface area contributed by atoms with Gasteiger partial charge in [0.05, 0.1) is 0 Å². The lowest BCUT2D eigenvalue weighted by Gasteiger charge is -2.19. The number of hydrogen-bond donors (Lipinski definition) is 0. The van der Waals surface area contributed by atoms with E-state index in [1.807, 2.05) is 12.1 Å². The Balaban J connectivity index is 2.17. The van der Waals surface area contributed by atoms with Gasteiger partial charge in [-0.2, -0.15) is 0 Å². The van der Waals surface area contributed by atoms with Crippen molar-refractivity contribution in [1.82, 2.24) is 0 Å². The van der Waals surface area contributed by atoms with Crippen molar-refractivity contribution in [3.05, 3.63) is 35.9 Å². The van der Waals surface area contributed by atoms with E-state index >= 15 is 0 Å². The van der Waals surface area contributed by atoms with Crippen LogP contribution in [0, 0.1) is 0 Å². The largest absolute Gasteiger partial charge is 0.538 e.